The normalized spacial score (nSPS) is 11.5. The van der Waals surface area contributed by atoms with Crippen LogP contribution in [0, 0.1) is 0 Å². The predicted molar refractivity (Wildman–Crippen MR) is 109 cm³/mol. The van der Waals surface area contributed by atoms with Crippen LogP contribution in [0.15, 0.2) is 53.7 Å². The molecule has 3 aromatic rings. The van der Waals surface area contributed by atoms with E-state index in [1.807, 2.05) is 41.0 Å². The highest BCUT2D eigenvalue weighted by Crippen LogP contribution is 2.29. The van der Waals surface area contributed by atoms with E-state index < -0.39 is 9.84 Å². The minimum Gasteiger partial charge on any atom is -0.497 e. The van der Waals surface area contributed by atoms with E-state index >= 15 is 0 Å². The monoisotopic (exact) mass is 423 g/mol. The Morgan fingerprint density at radius 2 is 1.74 bits per heavy atom. The van der Waals surface area contributed by atoms with Crippen molar-refractivity contribution in [3.8, 4) is 22.8 Å². The van der Waals surface area contributed by atoms with Gasteiger partial charge >= 0.3 is 0 Å². The zero-order valence-corrected chi connectivity index (χ0v) is 17.2. The molecule has 9 heteroatoms. The predicted octanol–water partition coefficient (Wildman–Crippen LogP) is 3.73. The van der Waals surface area contributed by atoms with Crippen molar-refractivity contribution >= 4 is 33.2 Å². The summed E-state index contributed by atoms with van der Waals surface area (Å²) in [4.78, 5) is 0. The fourth-order valence-electron chi connectivity index (χ4n) is 2.40. The highest BCUT2D eigenvalue weighted by atomic mass is 35.5. The number of halogens is 1. The lowest BCUT2D eigenvalue weighted by molar-refractivity contribution is 0.415. The summed E-state index contributed by atoms with van der Waals surface area (Å²) in [5.41, 5.74) is 1.71. The molecule has 0 amide bonds. The summed E-state index contributed by atoms with van der Waals surface area (Å²) in [6.45, 7) is 0. The van der Waals surface area contributed by atoms with E-state index in [1.165, 1.54) is 18.0 Å². The molecule has 1 aromatic heterocycles. The van der Waals surface area contributed by atoms with Crippen LogP contribution in [0.3, 0.4) is 0 Å². The van der Waals surface area contributed by atoms with Crippen LogP contribution in [0.25, 0.3) is 17.1 Å². The van der Waals surface area contributed by atoms with Gasteiger partial charge in [0.25, 0.3) is 0 Å². The van der Waals surface area contributed by atoms with Crippen molar-refractivity contribution in [2.45, 2.75) is 5.16 Å². The maximum atomic E-state index is 11.4. The fourth-order valence-corrected chi connectivity index (χ4v) is 4.67. The van der Waals surface area contributed by atoms with Gasteiger partial charge in [0, 0.05) is 28.3 Å². The van der Waals surface area contributed by atoms with Gasteiger partial charge in [0.1, 0.15) is 15.6 Å². The van der Waals surface area contributed by atoms with Crippen LogP contribution in [-0.4, -0.2) is 48.1 Å². The summed E-state index contributed by atoms with van der Waals surface area (Å²) in [7, 11) is -1.43. The SMILES string of the molecule is COc1ccc(-c2nnc(SCCS(C)(=O)=O)n2-c2ccc(Cl)cc2)cc1. The van der Waals surface area contributed by atoms with Crippen molar-refractivity contribution in [1.82, 2.24) is 14.8 Å². The molecule has 0 unspecified atom stereocenters. The van der Waals surface area contributed by atoms with Gasteiger partial charge in [0.2, 0.25) is 0 Å². The number of hydrogen-bond donors (Lipinski definition) is 0. The van der Waals surface area contributed by atoms with Crippen molar-refractivity contribution in [3.05, 3.63) is 53.6 Å². The molecule has 27 heavy (non-hydrogen) atoms. The van der Waals surface area contributed by atoms with Crippen LogP contribution in [-0.2, 0) is 9.84 Å². The molecular weight excluding hydrogens is 406 g/mol. The lowest BCUT2D eigenvalue weighted by atomic mass is 10.2. The maximum Gasteiger partial charge on any atom is 0.196 e. The van der Waals surface area contributed by atoms with E-state index in [9.17, 15) is 8.42 Å². The van der Waals surface area contributed by atoms with E-state index in [4.69, 9.17) is 16.3 Å². The lowest BCUT2D eigenvalue weighted by Gasteiger charge is -2.11. The molecule has 0 N–H and O–H groups in total. The first-order valence-corrected chi connectivity index (χ1v) is 11.5. The molecule has 0 saturated carbocycles. The molecule has 0 spiro atoms. The molecule has 1 heterocycles. The van der Waals surface area contributed by atoms with Gasteiger partial charge in [0.15, 0.2) is 11.0 Å². The van der Waals surface area contributed by atoms with Crippen molar-refractivity contribution in [3.63, 3.8) is 0 Å². The zero-order chi connectivity index (χ0) is 19.4. The molecule has 2 aromatic carbocycles. The summed E-state index contributed by atoms with van der Waals surface area (Å²) >= 11 is 7.36. The second-order valence-electron chi connectivity index (χ2n) is 5.82. The number of methoxy groups -OCH3 is 1. The van der Waals surface area contributed by atoms with Crippen molar-refractivity contribution in [2.75, 3.05) is 24.9 Å². The largest absolute Gasteiger partial charge is 0.497 e. The molecule has 0 aliphatic heterocycles. The van der Waals surface area contributed by atoms with Crippen LogP contribution in [0.1, 0.15) is 0 Å². The van der Waals surface area contributed by atoms with E-state index in [-0.39, 0.29) is 5.75 Å². The Morgan fingerprint density at radius 3 is 2.33 bits per heavy atom. The zero-order valence-electron chi connectivity index (χ0n) is 14.8. The van der Waals surface area contributed by atoms with E-state index in [1.54, 1.807) is 19.2 Å². The Bertz CT molecular complexity index is 1020. The molecule has 6 nitrogen and oxygen atoms in total. The molecule has 0 aliphatic rings. The Kier molecular flexibility index (Phi) is 6.08. The molecule has 142 valence electrons. The van der Waals surface area contributed by atoms with Gasteiger partial charge < -0.3 is 4.74 Å². The third-order valence-electron chi connectivity index (χ3n) is 3.75. The van der Waals surface area contributed by atoms with Gasteiger partial charge in [-0.3, -0.25) is 4.57 Å². The Labute approximate surface area is 167 Å². The number of aromatic nitrogens is 3. The Balaban J connectivity index is 2.00. The van der Waals surface area contributed by atoms with Crippen LogP contribution in [0.2, 0.25) is 5.02 Å². The van der Waals surface area contributed by atoms with E-state index in [2.05, 4.69) is 10.2 Å². The second-order valence-corrected chi connectivity index (χ2v) is 9.58. The first kappa shape index (κ1) is 19.7. The summed E-state index contributed by atoms with van der Waals surface area (Å²) in [6, 6.07) is 14.8. The number of nitrogens with zero attached hydrogens (tertiary/aromatic N) is 3. The van der Waals surface area contributed by atoms with Gasteiger partial charge in [-0.2, -0.15) is 0 Å². The first-order chi connectivity index (χ1) is 12.9. The minimum absolute atomic E-state index is 0.0724. The average Bonchev–Trinajstić information content (AvgIpc) is 3.05. The molecule has 3 rings (SSSR count). The maximum absolute atomic E-state index is 11.4. The lowest BCUT2D eigenvalue weighted by Crippen LogP contribution is -2.06. The van der Waals surface area contributed by atoms with Crippen LogP contribution in [0.4, 0.5) is 0 Å². The topological polar surface area (TPSA) is 74.1 Å². The van der Waals surface area contributed by atoms with Crippen molar-refractivity contribution < 1.29 is 13.2 Å². The number of thioether (sulfide) groups is 1. The molecule has 0 atom stereocenters. The van der Waals surface area contributed by atoms with Crippen LogP contribution < -0.4 is 4.74 Å². The Morgan fingerprint density at radius 1 is 1.07 bits per heavy atom. The van der Waals surface area contributed by atoms with Crippen LogP contribution >= 0.6 is 23.4 Å². The molecule has 0 fully saturated rings. The molecular formula is C18H18ClN3O3S2. The average molecular weight is 424 g/mol. The molecule has 0 aliphatic carbocycles. The van der Waals surface area contributed by atoms with Crippen molar-refractivity contribution in [2.24, 2.45) is 0 Å². The number of rotatable bonds is 7. The minimum atomic E-state index is -3.04. The van der Waals surface area contributed by atoms with Gasteiger partial charge in [-0.05, 0) is 48.5 Å². The van der Waals surface area contributed by atoms with Gasteiger partial charge in [0.05, 0.1) is 12.9 Å². The molecule has 0 bridgehead atoms. The van der Waals surface area contributed by atoms with E-state index in [0.29, 0.717) is 21.8 Å². The number of sulfone groups is 1. The number of benzene rings is 2. The third kappa shape index (κ3) is 5.03. The van der Waals surface area contributed by atoms with Gasteiger partial charge in [-0.15, -0.1) is 10.2 Å². The van der Waals surface area contributed by atoms with E-state index in [0.717, 1.165) is 17.0 Å². The third-order valence-corrected chi connectivity index (χ3v) is 6.14. The fraction of sp³-hybridized carbons (Fsp3) is 0.222. The van der Waals surface area contributed by atoms with Gasteiger partial charge in [-0.25, -0.2) is 8.42 Å². The van der Waals surface area contributed by atoms with Crippen molar-refractivity contribution in [1.29, 1.82) is 0 Å². The van der Waals surface area contributed by atoms with Gasteiger partial charge in [-0.1, -0.05) is 23.4 Å². The molecule has 0 saturated heterocycles. The highest BCUT2D eigenvalue weighted by molar-refractivity contribution is 8.00. The number of hydrogen-bond acceptors (Lipinski definition) is 6. The summed E-state index contributed by atoms with van der Waals surface area (Å²) in [5, 5.41) is 9.84. The quantitative estimate of drug-likeness (QED) is 0.539. The smallest absolute Gasteiger partial charge is 0.196 e. The second kappa shape index (κ2) is 8.33. The first-order valence-electron chi connectivity index (χ1n) is 8.04. The number of ether oxygens (including phenoxy) is 1. The summed E-state index contributed by atoms with van der Waals surface area (Å²) < 4.78 is 29.9. The summed E-state index contributed by atoms with van der Waals surface area (Å²) in [5.74, 6) is 1.87. The Hall–Kier alpha value is -2.03. The highest BCUT2D eigenvalue weighted by Gasteiger charge is 2.17. The van der Waals surface area contributed by atoms with Crippen LogP contribution in [0.5, 0.6) is 5.75 Å². The standard InChI is InChI=1S/C18H18ClN3O3S2/c1-25-16-9-3-13(4-10-16)17-20-21-18(26-11-12-27(2,23)24)22(17)15-7-5-14(19)6-8-15/h3-10H,11-12H2,1-2H3. The summed E-state index contributed by atoms with van der Waals surface area (Å²) in [6.07, 6.45) is 1.22. The molecule has 0 radical (unpaired) electrons.